The van der Waals surface area contributed by atoms with Gasteiger partial charge in [0.25, 0.3) is 11.1 Å². The maximum absolute atomic E-state index is 13.7. The number of benzene rings is 1. The molecular formula is C14H7FN4OS2. The number of halogens is 1. The van der Waals surface area contributed by atoms with Crippen molar-refractivity contribution in [3.8, 4) is 11.5 Å². The van der Waals surface area contributed by atoms with Crippen LogP contribution < -0.4 is 0 Å². The molecule has 0 saturated carbocycles. The maximum Gasteiger partial charge on any atom is 0.283 e. The zero-order chi connectivity index (χ0) is 14.9. The molecule has 4 rings (SSSR count). The van der Waals surface area contributed by atoms with Gasteiger partial charge in [-0.05, 0) is 35.3 Å². The Labute approximate surface area is 132 Å². The van der Waals surface area contributed by atoms with E-state index in [0.29, 0.717) is 5.22 Å². The summed E-state index contributed by atoms with van der Waals surface area (Å²) in [5.74, 6) is -0.249. The van der Waals surface area contributed by atoms with Crippen molar-refractivity contribution >= 4 is 33.3 Å². The van der Waals surface area contributed by atoms with Gasteiger partial charge in [-0.25, -0.2) is 14.4 Å². The second-order valence-corrected chi connectivity index (χ2v) is 6.11. The van der Waals surface area contributed by atoms with Crippen molar-refractivity contribution in [3.05, 3.63) is 47.9 Å². The zero-order valence-corrected chi connectivity index (χ0v) is 12.6. The number of hydrogen-bond donors (Lipinski definition) is 0. The fraction of sp³-hybridized carbons (Fsp3) is 0. The van der Waals surface area contributed by atoms with Gasteiger partial charge in [-0.3, -0.25) is 0 Å². The van der Waals surface area contributed by atoms with Crippen LogP contribution in [0.2, 0.25) is 0 Å². The van der Waals surface area contributed by atoms with Gasteiger partial charge in [0, 0.05) is 5.39 Å². The summed E-state index contributed by atoms with van der Waals surface area (Å²) in [5, 5.41) is 11.8. The smallest absolute Gasteiger partial charge is 0.283 e. The van der Waals surface area contributed by atoms with Gasteiger partial charge in [0.15, 0.2) is 0 Å². The molecule has 0 radical (unpaired) electrons. The summed E-state index contributed by atoms with van der Waals surface area (Å²) in [4.78, 5) is 9.31. The lowest BCUT2D eigenvalue weighted by Crippen LogP contribution is -1.83. The molecule has 108 valence electrons. The Morgan fingerprint density at radius 1 is 1.09 bits per heavy atom. The zero-order valence-electron chi connectivity index (χ0n) is 10.9. The van der Waals surface area contributed by atoms with E-state index in [-0.39, 0.29) is 11.5 Å². The van der Waals surface area contributed by atoms with Crippen LogP contribution in [0.5, 0.6) is 0 Å². The molecule has 0 aliphatic heterocycles. The van der Waals surface area contributed by atoms with E-state index in [1.54, 1.807) is 18.2 Å². The van der Waals surface area contributed by atoms with E-state index in [9.17, 15) is 4.39 Å². The van der Waals surface area contributed by atoms with Gasteiger partial charge in [-0.1, -0.05) is 12.1 Å². The van der Waals surface area contributed by atoms with Crippen LogP contribution in [-0.2, 0) is 0 Å². The minimum atomic E-state index is -0.398. The van der Waals surface area contributed by atoms with Crippen molar-refractivity contribution in [2.45, 2.75) is 10.2 Å². The van der Waals surface area contributed by atoms with Gasteiger partial charge in [-0.2, -0.15) is 0 Å². The molecule has 4 aromatic rings. The van der Waals surface area contributed by atoms with Crippen LogP contribution in [0.25, 0.3) is 21.7 Å². The van der Waals surface area contributed by atoms with Crippen LogP contribution in [0.15, 0.2) is 56.7 Å². The molecule has 0 spiro atoms. The summed E-state index contributed by atoms with van der Waals surface area (Å²) in [6.45, 7) is 0. The molecule has 0 N–H and O–H groups in total. The standard InChI is InChI=1S/C14H7FN4OS2/c15-10-4-2-1-3-8(10)11-18-19-14(20-11)22-13-9-5-6-21-12(9)16-7-17-13/h1-7H. The van der Waals surface area contributed by atoms with E-state index in [0.717, 1.165) is 15.2 Å². The second kappa shape index (κ2) is 5.47. The summed E-state index contributed by atoms with van der Waals surface area (Å²) < 4.78 is 19.2. The SMILES string of the molecule is Fc1ccccc1-c1nnc(Sc2ncnc3sccc23)o1. The highest BCUT2D eigenvalue weighted by Gasteiger charge is 2.15. The lowest BCUT2D eigenvalue weighted by molar-refractivity contribution is 0.462. The van der Waals surface area contributed by atoms with Gasteiger partial charge in [0.1, 0.15) is 22.0 Å². The number of fused-ring (bicyclic) bond motifs is 1. The highest BCUT2D eigenvalue weighted by molar-refractivity contribution is 7.99. The lowest BCUT2D eigenvalue weighted by atomic mass is 10.2. The first-order valence-corrected chi connectivity index (χ1v) is 7.95. The van der Waals surface area contributed by atoms with Crippen LogP contribution >= 0.6 is 23.1 Å². The first kappa shape index (κ1) is 13.4. The van der Waals surface area contributed by atoms with Crippen LogP contribution in [-0.4, -0.2) is 20.2 Å². The highest BCUT2D eigenvalue weighted by Crippen LogP contribution is 2.33. The molecule has 3 aromatic heterocycles. The molecule has 3 heterocycles. The Morgan fingerprint density at radius 2 is 2.00 bits per heavy atom. The molecule has 0 atom stereocenters. The Morgan fingerprint density at radius 3 is 2.91 bits per heavy atom. The molecular weight excluding hydrogens is 323 g/mol. The molecule has 0 fully saturated rings. The predicted octanol–water partition coefficient (Wildman–Crippen LogP) is 4.03. The molecule has 1 aromatic carbocycles. The maximum atomic E-state index is 13.7. The second-order valence-electron chi connectivity index (χ2n) is 4.27. The quantitative estimate of drug-likeness (QED) is 0.528. The van der Waals surface area contributed by atoms with E-state index in [2.05, 4.69) is 20.2 Å². The number of nitrogens with zero attached hydrogens (tertiary/aromatic N) is 4. The first-order valence-electron chi connectivity index (χ1n) is 6.26. The number of rotatable bonds is 3. The minimum Gasteiger partial charge on any atom is -0.411 e. The molecule has 0 bridgehead atoms. The monoisotopic (exact) mass is 330 g/mol. The number of aromatic nitrogens is 4. The van der Waals surface area contributed by atoms with Gasteiger partial charge in [0.05, 0.1) is 5.56 Å². The normalized spacial score (nSPS) is 11.1. The number of thiophene rings is 1. The largest absolute Gasteiger partial charge is 0.411 e. The summed E-state index contributed by atoms with van der Waals surface area (Å²) in [6, 6.07) is 8.22. The van der Waals surface area contributed by atoms with Gasteiger partial charge >= 0.3 is 0 Å². The minimum absolute atomic E-state index is 0.149. The Bertz CT molecular complexity index is 953. The van der Waals surface area contributed by atoms with E-state index >= 15 is 0 Å². The van der Waals surface area contributed by atoms with Crippen molar-refractivity contribution in [1.29, 1.82) is 0 Å². The van der Waals surface area contributed by atoms with Crippen molar-refractivity contribution in [1.82, 2.24) is 20.2 Å². The van der Waals surface area contributed by atoms with Crippen LogP contribution in [0, 0.1) is 5.82 Å². The average Bonchev–Trinajstić information content (AvgIpc) is 3.17. The Kier molecular flexibility index (Phi) is 3.32. The number of hydrogen-bond acceptors (Lipinski definition) is 7. The summed E-state index contributed by atoms with van der Waals surface area (Å²) in [7, 11) is 0. The average molecular weight is 330 g/mol. The van der Waals surface area contributed by atoms with Gasteiger partial charge in [0.2, 0.25) is 0 Å². The molecule has 0 unspecified atom stereocenters. The van der Waals surface area contributed by atoms with Gasteiger partial charge in [-0.15, -0.1) is 21.5 Å². The molecule has 0 aliphatic rings. The van der Waals surface area contributed by atoms with E-state index in [1.807, 2.05) is 11.4 Å². The van der Waals surface area contributed by atoms with Crippen molar-refractivity contribution < 1.29 is 8.81 Å². The highest BCUT2D eigenvalue weighted by atomic mass is 32.2. The summed E-state index contributed by atoms with van der Waals surface area (Å²) in [6.07, 6.45) is 1.50. The Balaban J connectivity index is 1.68. The van der Waals surface area contributed by atoms with Crippen LogP contribution in [0.4, 0.5) is 4.39 Å². The summed E-state index contributed by atoms with van der Waals surface area (Å²) in [5.41, 5.74) is 0.283. The molecule has 0 aliphatic carbocycles. The van der Waals surface area contributed by atoms with E-state index in [4.69, 9.17) is 4.42 Å². The van der Waals surface area contributed by atoms with E-state index in [1.165, 1.54) is 35.5 Å². The van der Waals surface area contributed by atoms with Crippen molar-refractivity contribution in [3.63, 3.8) is 0 Å². The molecule has 5 nitrogen and oxygen atoms in total. The third kappa shape index (κ3) is 2.36. The third-order valence-electron chi connectivity index (χ3n) is 2.92. The summed E-state index contributed by atoms with van der Waals surface area (Å²) >= 11 is 2.77. The molecule has 0 amide bonds. The van der Waals surface area contributed by atoms with Crippen LogP contribution in [0.3, 0.4) is 0 Å². The van der Waals surface area contributed by atoms with Crippen LogP contribution in [0.1, 0.15) is 0 Å². The lowest BCUT2D eigenvalue weighted by Gasteiger charge is -1.97. The predicted molar refractivity (Wildman–Crippen MR) is 81.2 cm³/mol. The van der Waals surface area contributed by atoms with Crippen molar-refractivity contribution in [2.75, 3.05) is 0 Å². The first-order chi connectivity index (χ1) is 10.8. The fourth-order valence-electron chi connectivity index (χ4n) is 1.93. The third-order valence-corrected chi connectivity index (χ3v) is 4.60. The topological polar surface area (TPSA) is 64.7 Å². The molecule has 22 heavy (non-hydrogen) atoms. The fourth-order valence-corrected chi connectivity index (χ4v) is 3.47. The van der Waals surface area contributed by atoms with Crippen molar-refractivity contribution in [2.24, 2.45) is 0 Å². The molecule has 8 heteroatoms. The van der Waals surface area contributed by atoms with Gasteiger partial charge < -0.3 is 4.42 Å². The molecule has 0 saturated heterocycles. The van der Waals surface area contributed by atoms with E-state index < -0.39 is 5.82 Å². The Hall–Kier alpha value is -2.32.